The maximum atomic E-state index is 11.9. The second-order valence-electron chi connectivity index (χ2n) is 4.00. The second-order valence-corrected chi connectivity index (χ2v) is 4.00. The number of hydrogen-bond acceptors (Lipinski definition) is 5. The van der Waals surface area contributed by atoms with Crippen LogP contribution in [0.15, 0.2) is 35.7 Å². The lowest BCUT2D eigenvalue weighted by Gasteiger charge is -2.05. The van der Waals surface area contributed by atoms with Crippen molar-refractivity contribution in [3.05, 3.63) is 47.5 Å². The molecule has 8 nitrogen and oxygen atoms in total. The Hall–Kier alpha value is -2.90. The highest BCUT2D eigenvalue weighted by Gasteiger charge is 2.08. The van der Waals surface area contributed by atoms with Crippen LogP contribution in [0.2, 0.25) is 0 Å². The van der Waals surface area contributed by atoms with E-state index in [0.717, 1.165) is 0 Å². The zero-order chi connectivity index (χ0) is 14.4. The summed E-state index contributed by atoms with van der Waals surface area (Å²) >= 11 is 0. The minimum absolute atomic E-state index is 0.0405. The molecule has 0 bridgehead atoms. The quantitative estimate of drug-likeness (QED) is 0.261. The Morgan fingerprint density at radius 1 is 1.45 bits per heavy atom. The molecule has 1 aromatic carbocycles. The lowest BCUT2D eigenvalue weighted by Crippen LogP contribution is -2.26. The van der Waals surface area contributed by atoms with Gasteiger partial charge < -0.3 is 16.3 Å². The molecule has 20 heavy (non-hydrogen) atoms. The lowest BCUT2D eigenvalue weighted by atomic mass is 10.1. The summed E-state index contributed by atoms with van der Waals surface area (Å²) in [5.74, 6) is 0.425. The molecule has 0 aliphatic heterocycles. The van der Waals surface area contributed by atoms with Gasteiger partial charge in [-0.05, 0) is 12.1 Å². The van der Waals surface area contributed by atoms with Crippen LogP contribution >= 0.6 is 0 Å². The van der Waals surface area contributed by atoms with Gasteiger partial charge in [0.15, 0.2) is 5.84 Å². The number of hydrogen-bond donors (Lipinski definition) is 4. The summed E-state index contributed by atoms with van der Waals surface area (Å²) in [7, 11) is 0. The number of nitrogens with two attached hydrogens (primary N) is 1. The van der Waals surface area contributed by atoms with Crippen molar-refractivity contribution in [1.29, 1.82) is 0 Å². The van der Waals surface area contributed by atoms with Gasteiger partial charge >= 0.3 is 0 Å². The number of amides is 1. The third kappa shape index (κ3) is 3.31. The van der Waals surface area contributed by atoms with Crippen LogP contribution in [0, 0.1) is 0 Å². The number of aromatic nitrogens is 3. The van der Waals surface area contributed by atoms with Gasteiger partial charge in [-0.1, -0.05) is 17.3 Å². The van der Waals surface area contributed by atoms with E-state index in [2.05, 4.69) is 25.7 Å². The fraction of sp³-hybridized carbons (Fsp3) is 0.167. The van der Waals surface area contributed by atoms with Gasteiger partial charge in [0.1, 0.15) is 12.2 Å². The van der Waals surface area contributed by atoms with Crippen molar-refractivity contribution >= 4 is 11.7 Å². The van der Waals surface area contributed by atoms with Crippen molar-refractivity contribution in [1.82, 2.24) is 20.5 Å². The first-order valence-corrected chi connectivity index (χ1v) is 5.91. The number of oxime groups is 1. The van der Waals surface area contributed by atoms with Gasteiger partial charge in [-0.25, -0.2) is 4.98 Å². The van der Waals surface area contributed by atoms with E-state index < -0.39 is 0 Å². The molecule has 1 heterocycles. The van der Waals surface area contributed by atoms with Crippen molar-refractivity contribution in [3.8, 4) is 0 Å². The highest BCUT2D eigenvalue weighted by Crippen LogP contribution is 2.05. The van der Waals surface area contributed by atoms with Gasteiger partial charge in [0.05, 0.1) is 0 Å². The molecule has 0 saturated carbocycles. The van der Waals surface area contributed by atoms with Crippen molar-refractivity contribution in [2.45, 2.75) is 6.42 Å². The second kappa shape index (κ2) is 6.32. The number of rotatable bonds is 5. The van der Waals surface area contributed by atoms with E-state index in [-0.39, 0.29) is 11.7 Å². The molecule has 0 aliphatic rings. The summed E-state index contributed by atoms with van der Waals surface area (Å²) < 4.78 is 0. The molecule has 0 fully saturated rings. The Morgan fingerprint density at radius 2 is 2.25 bits per heavy atom. The Bertz CT molecular complexity index is 608. The Labute approximate surface area is 114 Å². The molecule has 2 rings (SSSR count). The van der Waals surface area contributed by atoms with Crippen LogP contribution in [0.25, 0.3) is 0 Å². The molecule has 1 amide bonds. The highest BCUT2D eigenvalue weighted by atomic mass is 16.4. The topological polar surface area (TPSA) is 129 Å². The maximum Gasteiger partial charge on any atom is 0.251 e. The van der Waals surface area contributed by atoms with Crippen molar-refractivity contribution in [2.24, 2.45) is 10.9 Å². The third-order valence-corrected chi connectivity index (χ3v) is 2.64. The molecule has 8 heteroatoms. The smallest absolute Gasteiger partial charge is 0.251 e. The fourth-order valence-corrected chi connectivity index (χ4v) is 1.63. The number of aromatic amines is 1. The van der Waals surface area contributed by atoms with Crippen molar-refractivity contribution in [2.75, 3.05) is 6.54 Å². The summed E-state index contributed by atoms with van der Waals surface area (Å²) in [6.07, 6.45) is 1.98. The molecule has 0 aliphatic carbocycles. The van der Waals surface area contributed by atoms with Gasteiger partial charge in [0.25, 0.3) is 5.91 Å². The first-order valence-electron chi connectivity index (χ1n) is 5.91. The summed E-state index contributed by atoms with van der Waals surface area (Å²) in [6.45, 7) is 0.432. The lowest BCUT2D eigenvalue weighted by molar-refractivity contribution is 0.0954. The van der Waals surface area contributed by atoms with E-state index in [1.165, 1.54) is 6.33 Å². The Morgan fingerprint density at radius 3 is 2.95 bits per heavy atom. The first kappa shape index (κ1) is 13.5. The van der Waals surface area contributed by atoms with Crippen molar-refractivity contribution < 1.29 is 10.0 Å². The predicted octanol–water partition coefficient (Wildman–Crippen LogP) is -0.128. The molecule has 5 N–H and O–H groups in total. The van der Waals surface area contributed by atoms with Crippen LogP contribution in [0.5, 0.6) is 0 Å². The van der Waals surface area contributed by atoms with E-state index in [1.807, 2.05) is 0 Å². The van der Waals surface area contributed by atoms with Gasteiger partial charge in [-0.15, -0.1) is 0 Å². The fourth-order valence-electron chi connectivity index (χ4n) is 1.63. The number of nitrogens with zero attached hydrogens (tertiary/aromatic N) is 3. The van der Waals surface area contributed by atoms with Gasteiger partial charge in [0.2, 0.25) is 0 Å². The molecule has 104 valence electrons. The number of carbonyl (C=O) groups excluding carboxylic acids is 1. The van der Waals surface area contributed by atoms with Crippen LogP contribution in [-0.4, -0.2) is 38.7 Å². The zero-order valence-corrected chi connectivity index (χ0v) is 10.6. The molecular weight excluding hydrogens is 260 g/mol. The molecule has 0 unspecified atom stereocenters. The minimum atomic E-state index is -0.239. The molecule has 0 spiro atoms. The van der Waals surface area contributed by atoms with Gasteiger partial charge in [-0.3, -0.25) is 9.89 Å². The van der Waals surface area contributed by atoms with E-state index in [9.17, 15) is 4.79 Å². The summed E-state index contributed by atoms with van der Waals surface area (Å²) in [5, 5.41) is 20.7. The average Bonchev–Trinajstić information content (AvgIpc) is 2.99. The molecular formula is C12H14N6O2. The molecule has 2 aromatic rings. The maximum absolute atomic E-state index is 11.9. The monoisotopic (exact) mass is 274 g/mol. The van der Waals surface area contributed by atoms with Crippen LogP contribution in [0.3, 0.4) is 0 Å². The highest BCUT2D eigenvalue weighted by molar-refractivity contribution is 6.01. The Kier molecular flexibility index (Phi) is 4.28. The van der Waals surface area contributed by atoms with E-state index in [0.29, 0.717) is 29.9 Å². The largest absolute Gasteiger partial charge is 0.409 e. The number of H-pyrrole nitrogens is 1. The molecule has 0 atom stereocenters. The van der Waals surface area contributed by atoms with Gasteiger partial charge in [0, 0.05) is 24.1 Å². The number of benzene rings is 1. The standard InChI is InChI=1S/C12H14N6O2/c13-11(18-20)8-2-1-3-9(6-8)12(19)14-5-4-10-15-7-16-17-10/h1-3,6-7,20H,4-5H2,(H2,13,18)(H,14,19)(H,15,16,17). The van der Waals surface area contributed by atoms with E-state index in [4.69, 9.17) is 10.9 Å². The number of carbonyl (C=O) groups is 1. The summed E-state index contributed by atoms with van der Waals surface area (Å²) in [4.78, 5) is 15.9. The molecule has 0 saturated heterocycles. The number of amidine groups is 1. The van der Waals surface area contributed by atoms with Crippen LogP contribution in [0.1, 0.15) is 21.7 Å². The molecule has 0 radical (unpaired) electrons. The summed E-state index contributed by atoms with van der Waals surface area (Å²) in [6, 6.07) is 6.52. The third-order valence-electron chi connectivity index (χ3n) is 2.64. The Balaban J connectivity index is 1.95. The van der Waals surface area contributed by atoms with Crippen LogP contribution in [-0.2, 0) is 6.42 Å². The van der Waals surface area contributed by atoms with Crippen LogP contribution in [0.4, 0.5) is 0 Å². The van der Waals surface area contributed by atoms with Gasteiger partial charge in [-0.2, -0.15) is 5.10 Å². The van der Waals surface area contributed by atoms with Crippen molar-refractivity contribution in [3.63, 3.8) is 0 Å². The SMILES string of the molecule is NC(=NO)c1cccc(C(=O)NCCc2ncn[nH]2)c1. The minimum Gasteiger partial charge on any atom is -0.409 e. The zero-order valence-electron chi connectivity index (χ0n) is 10.6. The first-order chi connectivity index (χ1) is 9.70. The predicted molar refractivity (Wildman–Crippen MR) is 71.4 cm³/mol. The number of nitrogens with one attached hydrogen (secondary N) is 2. The van der Waals surface area contributed by atoms with E-state index >= 15 is 0 Å². The normalized spacial score (nSPS) is 11.3. The van der Waals surface area contributed by atoms with E-state index in [1.54, 1.807) is 24.3 Å². The molecule has 1 aromatic heterocycles. The average molecular weight is 274 g/mol. The van der Waals surface area contributed by atoms with Crippen LogP contribution < -0.4 is 11.1 Å². The summed E-state index contributed by atoms with van der Waals surface area (Å²) in [5.41, 5.74) is 6.40.